The molecule has 1 atom stereocenters. The van der Waals surface area contributed by atoms with Crippen LogP contribution in [-0.4, -0.2) is 32.8 Å². The second kappa shape index (κ2) is 4.68. The van der Waals surface area contributed by atoms with Crippen LogP contribution in [0, 0.1) is 6.92 Å². The van der Waals surface area contributed by atoms with Gasteiger partial charge in [0.15, 0.2) is 0 Å². The average molecular weight is 257 g/mol. The number of likely N-dealkylation sites (tertiary alicyclic amines) is 1. The molecular formula is C15H19N3O. The highest BCUT2D eigenvalue weighted by Gasteiger charge is 2.25. The number of hydrogen-bond acceptors (Lipinski definition) is 2. The van der Waals surface area contributed by atoms with Crippen molar-refractivity contribution in [2.45, 2.75) is 39.2 Å². The van der Waals surface area contributed by atoms with E-state index in [0.717, 1.165) is 36.4 Å². The number of hydrogen-bond donors (Lipinski definition) is 0. The topological polar surface area (TPSA) is 37.6 Å². The van der Waals surface area contributed by atoms with Crippen molar-refractivity contribution in [2.24, 2.45) is 0 Å². The first-order chi connectivity index (χ1) is 9.15. The predicted molar refractivity (Wildman–Crippen MR) is 74.0 cm³/mol. The third-order valence-corrected chi connectivity index (χ3v) is 3.95. The maximum atomic E-state index is 12.3. The lowest BCUT2D eigenvalue weighted by Gasteiger charge is -2.20. The van der Waals surface area contributed by atoms with E-state index in [1.165, 1.54) is 0 Å². The number of pyridine rings is 1. The number of aromatic nitrogens is 2. The van der Waals surface area contributed by atoms with Gasteiger partial charge in [0.25, 0.3) is 0 Å². The molecule has 3 heterocycles. The minimum Gasteiger partial charge on any atom is -0.340 e. The van der Waals surface area contributed by atoms with Crippen LogP contribution in [0.25, 0.3) is 5.65 Å². The zero-order valence-corrected chi connectivity index (χ0v) is 11.5. The van der Waals surface area contributed by atoms with E-state index in [9.17, 15) is 4.79 Å². The summed E-state index contributed by atoms with van der Waals surface area (Å²) in [5.74, 6) is 0.200. The Kier molecular flexibility index (Phi) is 3.01. The van der Waals surface area contributed by atoms with E-state index in [2.05, 4.69) is 11.9 Å². The number of fused-ring (bicyclic) bond motifs is 1. The first-order valence-corrected chi connectivity index (χ1v) is 6.88. The number of aryl methyl sites for hydroxylation is 1. The van der Waals surface area contributed by atoms with Gasteiger partial charge in [0.05, 0.1) is 12.1 Å². The van der Waals surface area contributed by atoms with Gasteiger partial charge in [-0.3, -0.25) is 4.79 Å². The van der Waals surface area contributed by atoms with Crippen molar-refractivity contribution in [3.8, 4) is 0 Å². The molecule has 0 N–H and O–H groups in total. The highest BCUT2D eigenvalue weighted by Crippen LogP contribution is 2.18. The van der Waals surface area contributed by atoms with Crippen molar-refractivity contribution < 1.29 is 4.79 Å². The van der Waals surface area contributed by atoms with E-state index < -0.39 is 0 Å². The third kappa shape index (κ3) is 2.23. The van der Waals surface area contributed by atoms with Crippen LogP contribution in [0.2, 0.25) is 0 Å². The molecule has 1 unspecified atom stereocenters. The van der Waals surface area contributed by atoms with Gasteiger partial charge in [-0.15, -0.1) is 0 Å². The van der Waals surface area contributed by atoms with E-state index in [1.54, 1.807) is 0 Å². The summed E-state index contributed by atoms with van der Waals surface area (Å²) in [6.45, 7) is 5.06. The number of rotatable bonds is 2. The van der Waals surface area contributed by atoms with Gasteiger partial charge in [0, 0.05) is 24.5 Å². The summed E-state index contributed by atoms with van der Waals surface area (Å²) < 4.78 is 2.04. The Morgan fingerprint density at radius 3 is 3.00 bits per heavy atom. The minimum atomic E-state index is 0.200. The monoisotopic (exact) mass is 257 g/mol. The molecule has 0 aliphatic carbocycles. The summed E-state index contributed by atoms with van der Waals surface area (Å²) in [5.41, 5.74) is 2.91. The Morgan fingerprint density at radius 2 is 2.32 bits per heavy atom. The van der Waals surface area contributed by atoms with Gasteiger partial charge >= 0.3 is 0 Å². The summed E-state index contributed by atoms with van der Waals surface area (Å²) in [7, 11) is 0. The molecule has 1 fully saturated rings. The molecule has 2 aromatic rings. The van der Waals surface area contributed by atoms with Crippen molar-refractivity contribution in [1.82, 2.24) is 14.3 Å². The molecule has 0 spiro atoms. The average Bonchev–Trinajstić information content (AvgIpc) is 2.95. The summed E-state index contributed by atoms with van der Waals surface area (Å²) in [6.07, 6.45) is 4.63. The highest BCUT2D eigenvalue weighted by molar-refractivity contribution is 5.79. The Morgan fingerprint density at radius 1 is 1.47 bits per heavy atom. The first-order valence-electron chi connectivity index (χ1n) is 6.88. The van der Waals surface area contributed by atoms with Gasteiger partial charge in [-0.05, 0) is 38.8 Å². The molecule has 4 heteroatoms. The van der Waals surface area contributed by atoms with Gasteiger partial charge in [0.1, 0.15) is 5.65 Å². The number of nitrogens with zero attached hydrogens (tertiary/aromatic N) is 3. The molecule has 4 nitrogen and oxygen atoms in total. The fourth-order valence-corrected chi connectivity index (χ4v) is 2.84. The van der Waals surface area contributed by atoms with Crippen molar-refractivity contribution in [1.29, 1.82) is 0 Å². The molecule has 0 aromatic carbocycles. The van der Waals surface area contributed by atoms with E-state index in [-0.39, 0.29) is 5.91 Å². The molecule has 1 saturated heterocycles. The standard InChI is InChI=1S/C15H19N3O/c1-11-6-4-8-17(11)15(19)9-13-10-18-12(2)5-3-7-14(18)16-13/h3,5,7,10-11H,4,6,8-9H2,1-2H3. The molecule has 1 amide bonds. The van der Waals surface area contributed by atoms with E-state index in [0.29, 0.717) is 12.5 Å². The Hall–Kier alpha value is -1.84. The van der Waals surface area contributed by atoms with Crippen molar-refractivity contribution in [3.63, 3.8) is 0 Å². The minimum absolute atomic E-state index is 0.200. The predicted octanol–water partition coefficient (Wildman–Crippen LogP) is 2.20. The second-order valence-corrected chi connectivity index (χ2v) is 5.38. The molecule has 3 rings (SSSR count). The molecule has 100 valence electrons. The smallest absolute Gasteiger partial charge is 0.228 e. The molecular weight excluding hydrogens is 238 g/mol. The third-order valence-electron chi connectivity index (χ3n) is 3.95. The zero-order chi connectivity index (χ0) is 13.4. The van der Waals surface area contributed by atoms with E-state index in [4.69, 9.17) is 0 Å². The largest absolute Gasteiger partial charge is 0.340 e. The summed E-state index contributed by atoms with van der Waals surface area (Å²) >= 11 is 0. The fraction of sp³-hybridized carbons (Fsp3) is 0.467. The van der Waals surface area contributed by atoms with Crippen LogP contribution in [0.4, 0.5) is 0 Å². The highest BCUT2D eigenvalue weighted by atomic mass is 16.2. The Labute approximate surface area is 113 Å². The fourth-order valence-electron chi connectivity index (χ4n) is 2.84. The zero-order valence-electron chi connectivity index (χ0n) is 11.5. The molecule has 19 heavy (non-hydrogen) atoms. The lowest BCUT2D eigenvalue weighted by molar-refractivity contribution is -0.131. The van der Waals surface area contributed by atoms with Crippen LogP contribution in [0.1, 0.15) is 31.2 Å². The van der Waals surface area contributed by atoms with Crippen molar-refractivity contribution in [2.75, 3.05) is 6.54 Å². The molecule has 1 aliphatic rings. The van der Waals surface area contributed by atoms with Crippen LogP contribution in [0.15, 0.2) is 24.4 Å². The van der Waals surface area contributed by atoms with Gasteiger partial charge in [-0.1, -0.05) is 6.07 Å². The maximum absolute atomic E-state index is 12.3. The normalized spacial score (nSPS) is 19.3. The maximum Gasteiger partial charge on any atom is 0.228 e. The quantitative estimate of drug-likeness (QED) is 0.827. The lowest BCUT2D eigenvalue weighted by atomic mass is 10.2. The molecule has 0 radical (unpaired) electrons. The van der Waals surface area contributed by atoms with E-state index >= 15 is 0 Å². The van der Waals surface area contributed by atoms with E-state index in [1.807, 2.05) is 40.6 Å². The van der Waals surface area contributed by atoms with Crippen molar-refractivity contribution >= 4 is 11.6 Å². The van der Waals surface area contributed by atoms with Gasteiger partial charge in [0.2, 0.25) is 5.91 Å². The van der Waals surface area contributed by atoms with Gasteiger partial charge < -0.3 is 9.30 Å². The Bertz CT molecular complexity index is 617. The van der Waals surface area contributed by atoms with Crippen molar-refractivity contribution in [3.05, 3.63) is 35.8 Å². The molecule has 0 saturated carbocycles. The van der Waals surface area contributed by atoms with Crippen LogP contribution >= 0.6 is 0 Å². The van der Waals surface area contributed by atoms with Crippen LogP contribution in [0.3, 0.4) is 0 Å². The second-order valence-electron chi connectivity index (χ2n) is 5.38. The summed E-state index contributed by atoms with van der Waals surface area (Å²) in [5, 5.41) is 0. The SMILES string of the molecule is Cc1cccc2nc(CC(=O)N3CCCC3C)cn12. The number of carbonyl (C=O) groups excluding carboxylic acids is 1. The molecule has 2 aromatic heterocycles. The summed E-state index contributed by atoms with van der Waals surface area (Å²) in [4.78, 5) is 18.8. The number of amides is 1. The molecule has 1 aliphatic heterocycles. The van der Waals surface area contributed by atoms with Gasteiger partial charge in [-0.2, -0.15) is 0 Å². The number of carbonyl (C=O) groups is 1. The molecule has 0 bridgehead atoms. The number of imidazole rings is 1. The van der Waals surface area contributed by atoms with Crippen LogP contribution < -0.4 is 0 Å². The van der Waals surface area contributed by atoms with Crippen LogP contribution in [-0.2, 0) is 11.2 Å². The van der Waals surface area contributed by atoms with Crippen LogP contribution in [0.5, 0.6) is 0 Å². The van der Waals surface area contributed by atoms with Gasteiger partial charge in [-0.25, -0.2) is 4.98 Å². The first kappa shape index (κ1) is 12.2. The summed E-state index contributed by atoms with van der Waals surface area (Å²) in [6, 6.07) is 6.39. The Balaban J connectivity index is 1.81. The lowest BCUT2D eigenvalue weighted by Crippen LogP contribution is -2.34.